The van der Waals surface area contributed by atoms with Gasteiger partial charge in [0.1, 0.15) is 0 Å². The summed E-state index contributed by atoms with van der Waals surface area (Å²) in [6.45, 7) is 13.5. The van der Waals surface area contributed by atoms with Gasteiger partial charge in [-0.1, -0.05) is 20.8 Å². The Bertz CT molecular complexity index is 1090. The minimum absolute atomic E-state index is 0.0202. The van der Waals surface area contributed by atoms with Crippen LogP contribution in [-0.2, 0) is 22.5 Å². The molecule has 0 aliphatic rings. The fraction of sp³-hybridized carbons (Fsp3) is 0.417. The standard InChI is InChI=1S/C24H30N4O2/c1-7-28-23-19(15-26-28)22(17-11-16(3)13-25-14-17)18(9-10-21(29)30-8-2)20(27-23)12-24(4,5)6/h9-11,13-15H,7-8,12H2,1-6H3/b10-9+. The van der Waals surface area contributed by atoms with E-state index < -0.39 is 0 Å². The molecule has 0 fully saturated rings. The molecule has 0 radical (unpaired) electrons. The van der Waals surface area contributed by atoms with Crippen LogP contribution in [0.4, 0.5) is 0 Å². The molecule has 0 aliphatic heterocycles. The highest BCUT2D eigenvalue weighted by atomic mass is 16.5. The first-order valence-electron chi connectivity index (χ1n) is 10.4. The molecule has 0 atom stereocenters. The fourth-order valence-electron chi connectivity index (χ4n) is 3.54. The maximum Gasteiger partial charge on any atom is 0.330 e. The van der Waals surface area contributed by atoms with Gasteiger partial charge in [0, 0.05) is 47.1 Å². The lowest BCUT2D eigenvalue weighted by molar-refractivity contribution is -0.137. The van der Waals surface area contributed by atoms with Crippen LogP contribution < -0.4 is 0 Å². The Hall–Kier alpha value is -3.02. The minimum Gasteiger partial charge on any atom is -0.463 e. The van der Waals surface area contributed by atoms with Crippen molar-refractivity contribution in [2.75, 3.05) is 6.61 Å². The number of pyridine rings is 2. The third kappa shape index (κ3) is 4.75. The largest absolute Gasteiger partial charge is 0.463 e. The van der Waals surface area contributed by atoms with Gasteiger partial charge in [0.25, 0.3) is 0 Å². The van der Waals surface area contributed by atoms with Crippen LogP contribution in [0.25, 0.3) is 28.2 Å². The Morgan fingerprint density at radius 1 is 1.20 bits per heavy atom. The number of hydrogen-bond donors (Lipinski definition) is 0. The van der Waals surface area contributed by atoms with Gasteiger partial charge in [-0.05, 0) is 50.3 Å². The zero-order valence-electron chi connectivity index (χ0n) is 18.7. The van der Waals surface area contributed by atoms with E-state index in [1.165, 1.54) is 6.08 Å². The lowest BCUT2D eigenvalue weighted by atomic mass is 9.86. The number of nitrogens with zero attached hydrogens (tertiary/aromatic N) is 4. The SMILES string of the molecule is CCOC(=O)/C=C/c1c(CC(C)(C)C)nc2c(cnn2CC)c1-c1cncc(C)c1. The first-order chi connectivity index (χ1) is 14.2. The van der Waals surface area contributed by atoms with Gasteiger partial charge in [-0.15, -0.1) is 0 Å². The summed E-state index contributed by atoms with van der Waals surface area (Å²) in [5.74, 6) is -0.364. The summed E-state index contributed by atoms with van der Waals surface area (Å²) in [6, 6.07) is 2.10. The molecule has 0 saturated carbocycles. The van der Waals surface area contributed by atoms with E-state index in [4.69, 9.17) is 9.72 Å². The topological polar surface area (TPSA) is 69.9 Å². The third-order valence-electron chi connectivity index (χ3n) is 4.74. The highest BCUT2D eigenvalue weighted by molar-refractivity contribution is 5.99. The van der Waals surface area contributed by atoms with Crippen LogP contribution in [0.1, 0.15) is 51.4 Å². The summed E-state index contributed by atoms with van der Waals surface area (Å²) < 4.78 is 7.01. The van der Waals surface area contributed by atoms with Crippen molar-refractivity contribution in [2.24, 2.45) is 5.41 Å². The van der Waals surface area contributed by atoms with Gasteiger partial charge >= 0.3 is 5.97 Å². The van der Waals surface area contributed by atoms with Crippen molar-refractivity contribution in [3.63, 3.8) is 0 Å². The first-order valence-corrected chi connectivity index (χ1v) is 10.4. The second kappa shape index (κ2) is 8.78. The van der Waals surface area contributed by atoms with E-state index in [1.807, 2.05) is 36.3 Å². The van der Waals surface area contributed by atoms with Crippen LogP contribution in [0, 0.1) is 12.3 Å². The molecule has 30 heavy (non-hydrogen) atoms. The molecule has 0 saturated heterocycles. The van der Waals surface area contributed by atoms with E-state index in [-0.39, 0.29) is 11.4 Å². The van der Waals surface area contributed by atoms with E-state index in [0.717, 1.165) is 51.9 Å². The number of carbonyl (C=O) groups excluding carboxylic acids is 1. The summed E-state index contributed by atoms with van der Waals surface area (Å²) >= 11 is 0. The van der Waals surface area contributed by atoms with Gasteiger partial charge < -0.3 is 4.74 Å². The molecular weight excluding hydrogens is 376 g/mol. The number of aryl methyl sites for hydroxylation is 2. The third-order valence-corrected chi connectivity index (χ3v) is 4.74. The second-order valence-corrected chi connectivity index (χ2v) is 8.62. The maximum absolute atomic E-state index is 12.1. The molecule has 0 amide bonds. The van der Waals surface area contributed by atoms with Gasteiger partial charge in [-0.3, -0.25) is 4.98 Å². The van der Waals surface area contributed by atoms with Crippen LogP contribution in [-0.4, -0.2) is 32.3 Å². The van der Waals surface area contributed by atoms with Crippen molar-refractivity contribution < 1.29 is 9.53 Å². The summed E-state index contributed by atoms with van der Waals surface area (Å²) in [7, 11) is 0. The van der Waals surface area contributed by atoms with Crippen molar-refractivity contribution in [1.82, 2.24) is 19.7 Å². The molecule has 6 nitrogen and oxygen atoms in total. The molecule has 0 aliphatic carbocycles. The predicted molar refractivity (Wildman–Crippen MR) is 120 cm³/mol. The molecule has 3 heterocycles. The fourth-order valence-corrected chi connectivity index (χ4v) is 3.54. The predicted octanol–water partition coefficient (Wildman–Crippen LogP) is 4.99. The number of fused-ring (bicyclic) bond motifs is 1. The number of esters is 1. The monoisotopic (exact) mass is 406 g/mol. The van der Waals surface area contributed by atoms with Crippen molar-refractivity contribution in [1.29, 1.82) is 0 Å². The van der Waals surface area contributed by atoms with E-state index >= 15 is 0 Å². The lowest BCUT2D eigenvalue weighted by Gasteiger charge is -2.21. The van der Waals surface area contributed by atoms with E-state index in [2.05, 4.69) is 43.8 Å². The Morgan fingerprint density at radius 3 is 2.60 bits per heavy atom. The van der Waals surface area contributed by atoms with Crippen molar-refractivity contribution in [3.8, 4) is 11.1 Å². The smallest absolute Gasteiger partial charge is 0.330 e. The van der Waals surface area contributed by atoms with Crippen LogP contribution in [0.5, 0.6) is 0 Å². The number of hydrogen-bond acceptors (Lipinski definition) is 5. The van der Waals surface area contributed by atoms with Crippen LogP contribution in [0.3, 0.4) is 0 Å². The van der Waals surface area contributed by atoms with Gasteiger partial charge in [-0.2, -0.15) is 5.10 Å². The van der Waals surface area contributed by atoms with Crippen LogP contribution in [0.15, 0.2) is 30.7 Å². The van der Waals surface area contributed by atoms with Crippen molar-refractivity contribution in [3.05, 3.63) is 47.6 Å². The minimum atomic E-state index is -0.364. The molecule has 6 heteroatoms. The molecule has 158 valence electrons. The quantitative estimate of drug-likeness (QED) is 0.426. The molecule has 0 unspecified atom stereocenters. The summed E-state index contributed by atoms with van der Waals surface area (Å²) in [4.78, 5) is 21.5. The average Bonchev–Trinajstić information content (AvgIpc) is 3.07. The highest BCUT2D eigenvalue weighted by Gasteiger charge is 2.22. The highest BCUT2D eigenvalue weighted by Crippen LogP contribution is 2.36. The zero-order valence-corrected chi connectivity index (χ0v) is 18.7. The summed E-state index contributed by atoms with van der Waals surface area (Å²) in [5.41, 5.74) is 5.76. The molecule has 3 rings (SSSR count). The molecule has 3 aromatic heterocycles. The number of ether oxygens (including phenoxy) is 1. The van der Waals surface area contributed by atoms with Crippen LogP contribution >= 0.6 is 0 Å². The second-order valence-electron chi connectivity index (χ2n) is 8.62. The van der Waals surface area contributed by atoms with Gasteiger partial charge in [0.2, 0.25) is 0 Å². The molecule has 0 spiro atoms. The first kappa shape index (κ1) is 21.7. The maximum atomic E-state index is 12.1. The molecule has 0 bridgehead atoms. The summed E-state index contributed by atoms with van der Waals surface area (Å²) in [5, 5.41) is 5.49. The number of aromatic nitrogens is 4. The molecular formula is C24H30N4O2. The van der Waals surface area contributed by atoms with Crippen LogP contribution in [0.2, 0.25) is 0 Å². The normalized spacial score (nSPS) is 12.1. The van der Waals surface area contributed by atoms with E-state index in [1.54, 1.807) is 6.92 Å². The Labute approximate surface area is 178 Å². The van der Waals surface area contributed by atoms with Gasteiger partial charge in [0.05, 0.1) is 18.5 Å². The van der Waals surface area contributed by atoms with Crippen molar-refractivity contribution >= 4 is 23.1 Å². The Balaban J connectivity index is 2.35. The molecule has 0 aromatic carbocycles. The van der Waals surface area contributed by atoms with Gasteiger partial charge in [0.15, 0.2) is 5.65 Å². The number of carbonyl (C=O) groups is 1. The van der Waals surface area contributed by atoms with Crippen molar-refractivity contribution in [2.45, 2.75) is 54.5 Å². The number of rotatable bonds is 6. The lowest BCUT2D eigenvalue weighted by Crippen LogP contribution is -2.13. The Kier molecular flexibility index (Phi) is 6.34. The summed E-state index contributed by atoms with van der Waals surface area (Å²) in [6.07, 6.45) is 9.61. The Morgan fingerprint density at radius 2 is 1.97 bits per heavy atom. The zero-order chi connectivity index (χ0) is 21.9. The van der Waals surface area contributed by atoms with E-state index in [9.17, 15) is 4.79 Å². The van der Waals surface area contributed by atoms with E-state index in [0.29, 0.717) is 6.61 Å². The average molecular weight is 407 g/mol. The molecule has 0 N–H and O–H groups in total. The van der Waals surface area contributed by atoms with Gasteiger partial charge in [-0.25, -0.2) is 14.5 Å². The molecule has 3 aromatic rings.